The number of nitrogens with zero attached hydrogens (tertiary/aromatic N) is 2. The van der Waals surface area contributed by atoms with Crippen LogP contribution in [-0.2, 0) is 24.2 Å². The molecule has 27 heavy (non-hydrogen) atoms. The number of nitrogens with two attached hydrogens (primary N) is 1. The number of aryl methyl sites for hydroxylation is 2. The molecule has 1 aliphatic carbocycles. The third kappa shape index (κ3) is 4.08. The summed E-state index contributed by atoms with van der Waals surface area (Å²) >= 11 is 2.71. The summed E-state index contributed by atoms with van der Waals surface area (Å²) < 4.78 is 1.55. The Morgan fingerprint density at radius 2 is 2.15 bits per heavy atom. The molecule has 7 nitrogen and oxygen atoms in total. The van der Waals surface area contributed by atoms with Crippen LogP contribution < -0.4 is 16.6 Å². The van der Waals surface area contributed by atoms with Gasteiger partial charge in [-0.15, -0.1) is 17.9 Å². The SMILES string of the molecule is C=CCn1c(S[C@@H](C)C(=O)NC(N)=O)nc2sc3c(c2c1=O)CCCCC3. The van der Waals surface area contributed by atoms with Crippen molar-refractivity contribution in [3.8, 4) is 0 Å². The number of carbonyl (C=O) groups excluding carboxylic acids is 2. The van der Waals surface area contributed by atoms with Crippen LogP contribution in [0.2, 0.25) is 0 Å². The molecule has 1 aliphatic rings. The number of rotatable bonds is 5. The summed E-state index contributed by atoms with van der Waals surface area (Å²) in [5, 5.41) is 2.58. The highest BCUT2D eigenvalue weighted by Crippen LogP contribution is 2.34. The number of imide groups is 1. The first kappa shape index (κ1) is 19.6. The minimum absolute atomic E-state index is 0.0932. The molecule has 144 valence electrons. The largest absolute Gasteiger partial charge is 0.351 e. The standard InChI is InChI=1S/C18H22N4O3S2/c1-3-9-22-16(24)13-11-7-5-4-6-8-12(11)27-15(13)21-18(22)26-10(2)14(23)20-17(19)25/h3,10H,1,4-9H2,2H3,(H3,19,20,23,25)/t10-/m0/s1. The Bertz CT molecular complexity index is 964. The van der Waals surface area contributed by atoms with Crippen molar-refractivity contribution >= 4 is 45.3 Å². The lowest BCUT2D eigenvalue weighted by atomic mass is 10.1. The molecule has 0 saturated carbocycles. The third-order valence-corrected chi connectivity index (χ3v) is 6.78. The molecule has 2 aromatic heterocycles. The van der Waals surface area contributed by atoms with Gasteiger partial charge in [0.05, 0.1) is 10.6 Å². The Hall–Kier alpha value is -2.13. The van der Waals surface area contributed by atoms with E-state index in [1.807, 2.05) is 0 Å². The number of thioether (sulfide) groups is 1. The minimum Gasteiger partial charge on any atom is -0.351 e. The molecule has 1 atom stereocenters. The van der Waals surface area contributed by atoms with E-state index in [0.717, 1.165) is 47.8 Å². The van der Waals surface area contributed by atoms with E-state index >= 15 is 0 Å². The van der Waals surface area contributed by atoms with Crippen molar-refractivity contribution in [2.24, 2.45) is 5.73 Å². The van der Waals surface area contributed by atoms with Gasteiger partial charge in [-0.25, -0.2) is 9.78 Å². The van der Waals surface area contributed by atoms with Crippen LogP contribution >= 0.6 is 23.1 Å². The van der Waals surface area contributed by atoms with E-state index in [2.05, 4.69) is 11.9 Å². The number of urea groups is 1. The molecule has 0 aromatic carbocycles. The summed E-state index contributed by atoms with van der Waals surface area (Å²) in [7, 11) is 0. The second-order valence-corrected chi connectivity index (χ2v) is 8.85. The summed E-state index contributed by atoms with van der Waals surface area (Å²) in [4.78, 5) is 42.8. The van der Waals surface area contributed by atoms with Crippen molar-refractivity contribution in [3.05, 3.63) is 33.4 Å². The molecular weight excluding hydrogens is 384 g/mol. The van der Waals surface area contributed by atoms with Gasteiger partial charge in [0.25, 0.3) is 5.56 Å². The molecule has 0 fully saturated rings. The average Bonchev–Trinajstić information content (AvgIpc) is 2.79. The molecule has 2 heterocycles. The maximum Gasteiger partial charge on any atom is 0.318 e. The number of amides is 3. The van der Waals surface area contributed by atoms with Gasteiger partial charge < -0.3 is 5.73 Å². The van der Waals surface area contributed by atoms with Crippen molar-refractivity contribution < 1.29 is 9.59 Å². The number of hydrogen-bond acceptors (Lipinski definition) is 6. The second-order valence-electron chi connectivity index (χ2n) is 6.46. The molecule has 0 aliphatic heterocycles. The molecule has 2 aromatic rings. The topological polar surface area (TPSA) is 107 Å². The summed E-state index contributed by atoms with van der Waals surface area (Å²) in [5.41, 5.74) is 6.05. The molecule has 0 spiro atoms. The van der Waals surface area contributed by atoms with Crippen molar-refractivity contribution in [2.75, 3.05) is 0 Å². The van der Waals surface area contributed by atoms with E-state index in [1.165, 1.54) is 11.3 Å². The Morgan fingerprint density at radius 1 is 1.41 bits per heavy atom. The number of nitrogens with one attached hydrogen (secondary N) is 1. The normalized spacial score (nSPS) is 15.0. The molecule has 0 unspecified atom stereocenters. The van der Waals surface area contributed by atoms with Crippen molar-refractivity contribution in [2.45, 2.75) is 56.0 Å². The first-order valence-electron chi connectivity index (χ1n) is 8.85. The van der Waals surface area contributed by atoms with Gasteiger partial charge in [-0.1, -0.05) is 24.3 Å². The van der Waals surface area contributed by atoms with Crippen LogP contribution in [-0.4, -0.2) is 26.7 Å². The zero-order chi connectivity index (χ0) is 19.6. The summed E-state index contributed by atoms with van der Waals surface area (Å²) in [6, 6.07) is -0.902. The molecule has 3 amide bonds. The number of carbonyl (C=O) groups is 2. The van der Waals surface area contributed by atoms with Crippen LogP contribution in [0.15, 0.2) is 22.6 Å². The molecular formula is C18H22N4O3S2. The van der Waals surface area contributed by atoms with E-state index in [4.69, 9.17) is 10.7 Å². The summed E-state index contributed by atoms with van der Waals surface area (Å²) in [6.45, 7) is 5.67. The van der Waals surface area contributed by atoms with Gasteiger partial charge >= 0.3 is 6.03 Å². The first-order valence-corrected chi connectivity index (χ1v) is 10.5. The Morgan fingerprint density at radius 3 is 2.85 bits per heavy atom. The number of primary amides is 1. The fraction of sp³-hybridized carbons (Fsp3) is 0.444. The second kappa shape index (κ2) is 8.26. The van der Waals surface area contributed by atoms with Crippen molar-refractivity contribution in [3.63, 3.8) is 0 Å². The predicted molar refractivity (Wildman–Crippen MR) is 108 cm³/mol. The van der Waals surface area contributed by atoms with Gasteiger partial charge in [0, 0.05) is 11.4 Å². The fourth-order valence-corrected chi connectivity index (χ4v) is 5.43. The zero-order valence-electron chi connectivity index (χ0n) is 15.1. The van der Waals surface area contributed by atoms with Crippen LogP contribution in [0.4, 0.5) is 4.79 Å². The van der Waals surface area contributed by atoms with E-state index in [-0.39, 0.29) is 5.56 Å². The van der Waals surface area contributed by atoms with Crippen LogP contribution in [0.1, 0.15) is 36.6 Å². The molecule has 3 rings (SSSR count). The smallest absolute Gasteiger partial charge is 0.318 e. The highest BCUT2D eigenvalue weighted by molar-refractivity contribution is 8.00. The van der Waals surface area contributed by atoms with Crippen LogP contribution in [0.3, 0.4) is 0 Å². The van der Waals surface area contributed by atoms with Gasteiger partial charge in [0.2, 0.25) is 5.91 Å². The number of hydrogen-bond donors (Lipinski definition) is 2. The predicted octanol–water partition coefficient (Wildman–Crippen LogP) is 2.59. The Labute approximate surface area is 165 Å². The van der Waals surface area contributed by atoms with Gasteiger partial charge in [0.1, 0.15) is 4.83 Å². The minimum atomic E-state index is -0.902. The number of aromatic nitrogens is 2. The quantitative estimate of drug-likeness (QED) is 0.343. The van der Waals surface area contributed by atoms with E-state index in [1.54, 1.807) is 28.9 Å². The van der Waals surface area contributed by atoms with E-state index in [9.17, 15) is 14.4 Å². The summed E-state index contributed by atoms with van der Waals surface area (Å²) in [6.07, 6.45) is 6.92. The van der Waals surface area contributed by atoms with Crippen molar-refractivity contribution in [1.29, 1.82) is 0 Å². The lowest BCUT2D eigenvalue weighted by Crippen LogP contribution is -2.39. The van der Waals surface area contributed by atoms with Gasteiger partial charge in [-0.05, 0) is 38.2 Å². The Balaban J connectivity index is 2.06. The lowest BCUT2D eigenvalue weighted by Gasteiger charge is -2.14. The lowest BCUT2D eigenvalue weighted by molar-refractivity contribution is -0.119. The van der Waals surface area contributed by atoms with Gasteiger partial charge in [-0.3, -0.25) is 19.5 Å². The van der Waals surface area contributed by atoms with Gasteiger partial charge in [0.15, 0.2) is 5.16 Å². The average molecular weight is 407 g/mol. The molecule has 9 heteroatoms. The van der Waals surface area contributed by atoms with Crippen LogP contribution in [0.25, 0.3) is 10.2 Å². The number of allylic oxidation sites excluding steroid dienone is 1. The maximum absolute atomic E-state index is 13.2. The fourth-order valence-electron chi connectivity index (χ4n) is 3.21. The maximum atomic E-state index is 13.2. The number of thiophene rings is 1. The van der Waals surface area contributed by atoms with Gasteiger partial charge in [-0.2, -0.15) is 0 Å². The zero-order valence-corrected chi connectivity index (χ0v) is 16.8. The highest BCUT2D eigenvalue weighted by atomic mass is 32.2. The Kier molecular flexibility index (Phi) is 6.01. The van der Waals surface area contributed by atoms with E-state index < -0.39 is 17.2 Å². The molecule has 0 saturated heterocycles. The molecule has 0 bridgehead atoms. The monoisotopic (exact) mass is 406 g/mol. The van der Waals surface area contributed by atoms with E-state index in [0.29, 0.717) is 17.1 Å². The van der Waals surface area contributed by atoms with Crippen LogP contribution in [0.5, 0.6) is 0 Å². The molecule has 3 N–H and O–H groups in total. The first-order chi connectivity index (χ1) is 12.9. The third-order valence-electron chi connectivity index (χ3n) is 4.50. The number of fused-ring (bicyclic) bond motifs is 3. The summed E-state index contributed by atoms with van der Waals surface area (Å²) in [5.74, 6) is -0.519. The molecule has 0 radical (unpaired) electrons. The van der Waals surface area contributed by atoms with Crippen molar-refractivity contribution in [1.82, 2.24) is 14.9 Å². The van der Waals surface area contributed by atoms with Crippen LogP contribution in [0, 0.1) is 0 Å². The highest BCUT2D eigenvalue weighted by Gasteiger charge is 2.24.